The van der Waals surface area contributed by atoms with Crippen molar-refractivity contribution in [1.82, 2.24) is 35.1 Å². The summed E-state index contributed by atoms with van der Waals surface area (Å²) in [6, 6.07) is 16.4. The van der Waals surface area contributed by atoms with Gasteiger partial charge in [0, 0.05) is 37.3 Å². The van der Waals surface area contributed by atoms with Crippen molar-refractivity contribution in [3.05, 3.63) is 75.8 Å². The number of aryl methyl sites for hydroxylation is 1. The zero-order valence-corrected chi connectivity index (χ0v) is 22.2. The molecule has 0 amide bonds. The average Bonchev–Trinajstić information content (AvgIpc) is 3.70. The molecule has 1 aliphatic heterocycles. The molecule has 7 rings (SSSR count). The molecule has 38 heavy (non-hydrogen) atoms. The van der Waals surface area contributed by atoms with Gasteiger partial charge in [-0.05, 0) is 65.9 Å². The van der Waals surface area contributed by atoms with Gasteiger partial charge in [0.05, 0.1) is 16.3 Å². The highest BCUT2D eigenvalue weighted by molar-refractivity contribution is 7.22. The minimum atomic E-state index is -0.322. The number of nitrogens with one attached hydrogen (secondary N) is 1. The minimum absolute atomic E-state index is 0.0825. The highest BCUT2D eigenvalue weighted by Crippen LogP contribution is 2.35. The second kappa shape index (κ2) is 9.59. The predicted octanol–water partition coefficient (Wildman–Crippen LogP) is 4.46. The monoisotopic (exact) mass is 526 g/mol. The van der Waals surface area contributed by atoms with Crippen molar-refractivity contribution < 1.29 is 0 Å². The number of aromatic amines is 1. The third-order valence-electron chi connectivity index (χ3n) is 7.99. The SMILES string of the molecule is Cc1ccc2[nH]c(=O)c([C@H](c3nnnn3C3CCCC3)N3CCN(c4nc5ccccc5s4)CC3)cc2c1. The fourth-order valence-electron chi connectivity index (χ4n) is 6.00. The standard InChI is InChI=1S/C28H30N8OS/c1-18-10-11-22-19(16-18)17-21(27(37)29-22)25(26-31-32-33-36(26)20-6-2-3-7-20)34-12-14-35(15-13-34)28-30-23-8-4-5-9-24(23)38-28/h4-5,8-11,16-17,20,25H,2-3,6-7,12-15H2,1H3,(H,29,37)/t25-/m1/s1. The van der Waals surface area contributed by atoms with Crippen LogP contribution in [0, 0.1) is 6.92 Å². The molecule has 0 radical (unpaired) electrons. The van der Waals surface area contributed by atoms with E-state index in [1.165, 1.54) is 17.5 Å². The van der Waals surface area contributed by atoms with E-state index in [4.69, 9.17) is 4.98 Å². The molecule has 2 aromatic carbocycles. The molecule has 194 valence electrons. The van der Waals surface area contributed by atoms with E-state index >= 15 is 0 Å². The molecular formula is C28H30N8OS. The number of nitrogens with zero attached hydrogens (tertiary/aromatic N) is 7. The molecule has 2 fully saturated rings. The third kappa shape index (κ3) is 4.17. The molecule has 1 saturated heterocycles. The molecule has 1 atom stereocenters. The van der Waals surface area contributed by atoms with Crippen LogP contribution < -0.4 is 10.5 Å². The lowest BCUT2D eigenvalue weighted by molar-refractivity contribution is 0.197. The number of aromatic nitrogens is 6. The lowest BCUT2D eigenvalue weighted by atomic mass is 10.0. The highest BCUT2D eigenvalue weighted by atomic mass is 32.1. The number of rotatable bonds is 5. The Morgan fingerprint density at radius 1 is 1.03 bits per heavy atom. The maximum Gasteiger partial charge on any atom is 0.253 e. The molecular weight excluding hydrogens is 496 g/mol. The summed E-state index contributed by atoms with van der Waals surface area (Å²) in [5, 5.41) is 15.2. The zero-order valence-electron chi connectivity index (χ0n) is 21.4. The van der Waals surface area contributed by atoms with E-state index in [-0.39, 0.29) is 17.6 Å². The number of piperazine rings is 1. The third-order valence-corrected chi connectivity index (χ3v) is 9.09. The van der Waals surface area contributed by atoms with E-state index in [0.29, 0.717) is 5.56 Å². The smallest absolute Gasteiger partial charge is 0.253 e. The van der Waals surface area contributed by atoms with Gasteiger partial charge in [-0.2, -0.15) is 0 Å². The minimum Gasteiger partial charge on any atom is -0.345 e. The maximum atomic E-state index is 13.5. The van der Waals surface area contributed by atoms with Crippen molar-refractivity contribution in [3.8, 4) is 0 Å². The second-order valence-electron chi connectivity index (χ2n) is 10.5. The summed E-state index contributed by atoms with van der Waals surface area (Å²) in [4.78, 5) is 26.3. The highest BCUT2D eigenvalue weighted by Gasteiger charge is 2.35. The van der Waals surface area contributed by atoms with Crippen molar-refractivity contribution in [2.75, 3.05) is 31.1 Å². The van der Waals surface area contributed by atoms with Gasteiger partial charge >= 0.3 is 0 Å². The van der Waals surface area contributed by atoms with Crippen LogP contribution in [0.25, 0.3) is 21.1 Å². The van der Waals surface area contributed by atoms with E-state index in [1.807, 2.05) is 28.9 Å². The zero-order chi connectivity index (χ0) is 25.6. The normalized spacial score (nSPS) is 18.1. The molecule has 1 aliphatic carbocycles. The van der Waals surface area contributed by atoms with Crippen LogP contribution in [0.4, 0.5) is 5.13 Å². The van der Waals surface area contributed by atoms with Gasteiger partial charge in [0.25, 0.3) is 5.56 Å². The van der Waals surface area contributed by atoms with Gasteiger partial charge in [-0.3, -0.25) is 9.69 Å². The van der Waals surface area contributed by atoms with Crippen molar-refractivity contribution in [3.63, 3.8) is 0 Å². The lowest BCUT2D eigenvalue weighted by Crippen LogP contribution is -2.49. The largest absolute Gasteiger partial charge is 0.345 e. The summed E-state index contributed by atoms with van der Waals surface area (Å²) >= 11 is 1.74. The molecule has 1 N–H and O–H groups in total. The van der Waals surface area contributed by atoms with Crippen LogP contribution in [0.2, 0.25) is 0 Å². The van der Waals surface area contributed by atoms with Gasteiger partial charge in [-0.25, -0.2) is 9.67 Å². The summed E-state index contributed by atoms with van der Waals surface area (Å²) in [6.07, 6.45) is 4.52. The van der Waals surface area contributed by atoms with Crippen LogP contribution in [-0.4, -0.2) is 61.3 Å². The molecule has 10 heteroatoms. The summed E-state index contributed by atoms with van der Waals surface area (Å²) < 4.78 is 3.20. The average molecular weight is 527 g/mol. The lowest BCUT2D eigenvalue weighted by Gasteiger charge is -2.38. The van der Waals surface area contributed by atoms with Crippen LogP contribution in [0.3, 0.4) is 0 Å². The Bertz CT molecular complexity index is 1630. The van der Waals surface area contributed by atoms with Crippen molar-refractivity contribution >= 4 is 37.6 Å². The van der Waals surface area contributed by atoms with Gasteiger partial charge in [-0.1, -0.05) is 47.9 Å². The van der Waals surface area contributed by atoms with Gasteiger partial charge < -0.3 is 9.88 Å². The molecule has 1 saturated carbocycles. The number of para-hydroxylation sites is 1. The van der Waals surface area contributed by atoms with E-state index < -0.39 is 0 Å². The van der Waals surface area contributed by atoms with Gasteiger partial charge in [0.15, 0.2) is 11.0 Å². The summed E-state index contributed by atoms with van der Waals surface area (Å²) in [5.41, 5.74) is 3.67. The number of hydrogen-bond donors (Lipinski definition) is 1. The van der Waals surface area contributed by atoms with Crippen molar-refractivity contribution in [1.29, 1.82) is 0 Å². The first-order valence-electron chi connectivity index (χ1n) is 13.4. The topological polar surface area (TPSA) is 95.8 Å². The van der Waals surface area contributed by atoms with E-state index in [9.17, 15) is 4.79 Å². The first-order chi connectivity index (χ1) is 18.6. The van der Waals surface area contributed by atoms with Crippen molar-refractivity contribution in [2.24, 2.45) is 0 Å². The van der Waals surface area contributed by atoms with Gasteiger partial charge in [-0.15, -0.1) is 5.10 Å². The molecule has 0 spiro atoms. The summed E-state index contributed by atoms with van der Waals surface area (Å²) in [5.74, 6) is 0.767. The summed E-state index contributed by atoms with van der Waals surface area (Å²) in [6.45, 7) is 5.29. The first kappa shape index (κ1) is 23.5. The number of fused-ring (bicyclic) bond motifs is 2. The molecule has 0 unspecified atom stereocenters. The van der Waals surface area contributed by atoms with E-state index in [1.54, 1.807) is 11.3 Å². The van der Waals surface area contributed by atoms with Gasteiger partial charge in [0.1, 0.15) is 6.04 Å². The number of thiazole rings is 1. The van der Waals surface area contributed by atoms with Crippen molar-refractivity contribution in [2.45, 2.75) is 44.7 Å². The van der Waals surface area contributed by atoms with Crippen LogP contribution in [0.15, 0.2) is 53.3 Å². The number of H-pyrrole nitrogens is 1. The van der Waals surface area contributed by atoms with Crippen LogP contribution in [0.1, 0.15) is 54.7 Å². The van der Waals surface area contributed by atoms with Gasteiger partial charge in [0.2, 0.25) is 0 Å². The number of hydrogen-bond acceptors (Lipinski definition) is 8. The molecule has 0 bridgehead atoms. The number of benzene rings is 2. The fraction of sp³-hybridized carbons (Fsp3) is 0.393. The maximum absolute atomic E-state index is 13.5. The fourth-order valence-corrected chi connectivity index (χ4v) is 7.02. The predicted molar refractivity (Wildman–Crippen MR) is 150 cm³/mol. The first-order valence-corrected chi connectivity index (χ1v) is 14.2. The molecule has 3 aromatic heterocycles. The molecule has 5 aromatic rings. The second-order valence-corrected chi connectivity index (χ2v) is 11.5. The summed E-state index contributed by atoms with van der Waals surface area (Å²) in [7, 11) is 0. The Morgan fingerprint density at radius 3 is 2.66 bits per heavy atom. The molecule has 2 aliphatic rings. The number of pyridine rings is 1. The van der Waals surface area contributed by atoms with E-state index in [0.717, 1.165) is 72.0 Å². The Balaban J connectivity index is 1.26. The van der Waals surface area contributed by atoms with Crippen LogP contribution in [0.5, 0.6) is 0 Å². The van der Waals surface area contributed by atoms with Crippen LogP contribution >= 0.6 is 11.3 Å². The quantitative estimate of drug-likeness (QED) is 0.361. The number of tetrazole rings is 1. The molecule has 9 nitrogen and oxygen atoms in total. The Labute approximate surface area is 224 Å². The Hall–Kier alpha value is -3.63. The Morgan fingerprint density at radius 2 is 1.84 bits per heavy atom. The Kier molecular flexibility index (Phi) is 5.93. The number of anilines is 1. The van der Waals surface area contributed by atoms with E-state index in [2.05, 4.69) is 61.5 Å². The van der Waals surface area contributed by atoms with Crippen LogP contribution in [-0.2, 0) is 0 Å². The molecule has 4 heterocycles.